The minimum atomic E-state index is 0.227. The third-order valence-electron chi connectivity index (χ3n) is 2.68. The summed E-state index contributed by atoms with van der Waals surface area (Å²) in [7, 11) is 0. The van der Waals surface area contributed by atoms with Crippen LogP contribution in [0.4, 0.5) is 17.6 Å². The summed E-state index contributed by atoms with van der Waals surface area (Å²) in [6, 6.07) is 7.85. The lowest BCUT2D eigenvalue weighted by atomic mass is 10.2. The maximum absolute atomic E-state index is 5.38. The van der Waals surface area contributed by atoms with Crippen molar-refractivity contribution in [2.45, 2.75) is 6.92 Å². The van der Waals surface area contributed by atoms with Crippen LogP contribution in [0.25, 0.3) is 5.95 Å². The van der Waals surface area contributed by atoms with Crippen molar-refractivity contribution in [3.05, 3.63) is 42.5 Å². The lowest BCUT2D eigenvalue weighted by molar-refractivity contribution is 0.797. The first-order valence-electron chi connectivity index (χ1n) is 6.16. The number of aromatic nitrogens is 6. The van der Waals surface area contributed by atoms with Crippen molar-refractivity contribution in [2.75, 3.05) is 10.7 Å². The number of hydrogen-bond acceptors (Lipinski definition) is 8. The van der Waals surface area contributed by atoms with Crippen LogP contribution >= 0.6 is 0 Å². The molecule has 3 rings (SSSR count). The third kappa shape index (κ3) is 2.92. The molecule has 9 heteroatoms. The average molecular weight is 283 g/mol. The molecule has 2 heterocycles. The fraction of sp³-hybridized carbons (Fsp3) is 0.0833. The molecule has 0 aliphatic rings. The average Bonchev–Trinajstić information content (AvgIpc) is 3.04. The quantitative estimate of drug-likeness (QED) is 0.475. The van der Waals surface area contributed by atoms with Crippen LogP contribution in [0.15, 0.2) is 36.9 Å². The Hall–Kier alpha value is -3.07. The number of nitrogen functional groups attached to an aromatic ring is 1. The zero-order chi connectivity index (χ0) is 14.7. The smallest absolute Gasteiger partial charge is 0.258 e. The molecule has 0 amide bonds. The number of hydrazine groups is 1. The summed E-state index contributed by atoms with van der Waals surface area (Å²) in [6.45, 7) is 2.02. The van der Waals surface area contributed by atoms with Gasteiger partial charge in [0.2, 0.25) is 11.9 Å². The summed E-state index contributed by atoms with van der Waals surface area (Å²) in [6.07, 6.45) is 2.89. The Morgan fingerprint density at radius 1 is 1.05 bits per heavy atom. The zero-order valence-electron chi connectivity index (χ0n) is 11.2. The van der Waals surface area contributed by atoms with Gasteiger partial charge in [0.05, 0.1) is 0 Å². The van der Waals surface area contributed by atoms with E-state index < -0.39 is 0 Å². The second-order valence-electron chi connectivity index (χ2n) is 4.26. The SMILES string of the molecule is Cc1ccc(Nc2nc(NN)nc(-n3cncn3)n2)cc1. The monoisotopic (exact) mass is 283 g/mol. The molecular formula is C12H13N9. The molecule has 0 saturated carbocycles. The van der Waals surface area contributed by atoms with Gasteiger partial charge < -0.3 is 5.32 Å². The van der Waals surface area contributed by atoms with Crippen LogP contribution in [0.5, 0.6) is 0 Å². The molecule has 0 unspecified atom stereocenters. The fourth-order valence-corrected chi connectivity index (χ4v) is 1.67. The zero-order valence-corrected chi connectivity index (χ0v) is 11.2. The van der Waals surface area contributed by atoms with Crippen molar-refractivity contribution in [2.24, 2.45) is 5.84 Å². The number of nitrogens with zero attached hydrogens (tertiary/aromatic N) is 6. The van der Waals surface area contributed by atoms with Gasteiger partial charge in [0, 0.05) is 5.69 Å². The van der Waals surface area contributed by atoms with Gasteiger partial charge in [-0.3, -0.25) is 5.43 Å². The lowest BCUT2D eigenvalue weighted by Crippen LogP contribution is -2.15. The summed E-state index contributed by atoms with van der Waals surface area (Å²) in [5.74, 6) is 6.27. The second kappa shape index (κ2) is 5.51. The Kier molecular flexibility index (Phi) is 3.39. The van der Waals surface area contributed by atoms with Crippen molar-refractivity contribution in [1.29, 1.82) is 0 Å². The number of nitrogens with two attached hydrogens (primary N) is 1. The molecule has 0 bridgehead atoms. The van der Waals surface area contributed by atoms with Gasteiger partial charge in [0.15, 0.2) is 0 Å². The van der Waals surface area contributed by atoms with Crippen molar-refractivity contribution in [3.8, 4) is 5.95 Å². The summed E-state index contributed by atoms with van der Waals surface area (Å²) in [4.78, 5) is 16.4. The van der Waals surface area contributed by atoms with Gasteiger partial charge in [0.1, 0.15) is 12.7 Å². The molecule has 0 aliphatic carbocycles. The maximum atomic E-state index is 5.38. The van der Waals surface area contributed by atoms with Gasteiger partial charge >= 0.3 is 0 Å². The predicted octanol–water partition coefficient (Wildman–Crippen LogP) is 0.790. The van der Waals surface area contributed by atoms with E-state index in [0.717, 1.165) is 5.69 Å². The second-order valence-corrected chi connectivity index (χ2v) is 4.26. The predicted molar refractivity (Wildman–Crippen MR) is 77.0 cm³/mol. The van der Waals surface area contributed by atoms with Crippen LogP contribution in [0, 0.1) is 6.92 Å². The Labute approximate surface area is 120 Å². The molecule has 0 atom stereocenters. The standard InChI is InChI=1S/C12H13N9/c1-8-2-4-9(5-3-8)16-10-17-11(20-13)19-12(18-10)21-7-14-6-15-21/h2-7H,13H2,1H3,(H2,16,17,18,19,20). The largest absolute Gasteiger partial charge is 0.324 e. The number of nitrogens with one attached hydrogen (secondary N) is 2. The van der Waals surface area contributed by atoms with E-state index in [1.807, 2.05) is 31.2 Å². The molecule has 1 aromatic carbocycles. The van der Waals surface area contributed by atoms with Crippen molar-refractivity contribution >= 4 is 17.6 Å². The third-order valence-corrected chi connectivity index (χ3v) is 2.68. The van der Waals surface area contributed by atoms with Gasteiger partial charge in [-0.05, 0) is 19.1 Å². The number of benzene rings is 1. The van der Waals surface area contributed by atoms with E-state index in [1.54, 1.807) is 0 Å². The normalized spacial score (nSPS) is 10.4. The molecule has 0 aliphatic heterocycles. The van der Waals surface area contributed by atoms with Crippen LogP contribution in [-0.2, 0) is 0 Å². The Bertz CT molecular complexity index is 721. The highest BCUT2D eigenvalue weighted by atomic mass is 15.4. The van der Waals surface area contributed by atoms with Crippen LogP contribution < -0.4 is 16.6 Å². The van der Waals surface area contributed by atoms with Gasteiger partial charge in [-0.25, -0.2) is 10.8 Å². The summed E-state index contributed by atoms with van der Waals surface area (Å²) in [5.41, 5.74) is 4.43. The van der Waals surface area contributed by atoms with Crippen LogP contribution in [0.1, 0.15) is 5.56 Å². The lowest BCUT2D eigenvalue weighted by Gasteiger charge is -2.08. The summed E-state index contributed by atoms with van der Waals surface area (Å²) < 4.78 is 1.42. The van der Waals surface area contributed by atoms with Gasteiger partial charge in [0.25, 0.3) is 5.95 Å². The molecule has 0 saturated heterocycles. The van der Waals surface area contributed by atoms with E-state index in [1.165, 1.54) is 22.9 Å². The Morgan fingerprint density at radius 3 is 2.48 bits per heavy atom. The fourth-order valence-electron chi connectivity index (χ4n) is 1.67. The van der Waals surface area contributed by atoms with Crippen molar-refractivity contribution in [3.63, 3.8) is 0 Å². The summed E-state index contributed by atoms with van der Waals surface area (Å²) >= 11 is 0. The molecule has 3 aromatic rings. The topological polar surface area (TPSA) is 119 Å². The molecular weight excluding hydrogens is 270 g/mol. The molecule has 0 radical (unpaired) electrons. The molecule has 4 N–H and O–H groups in total. The van der Waals surface area contributed by atoms with E-state index in [2.05, 4.69) is 35.8 Å². The van der Waals surface area contributed by atoms with Crippen molar-refractivity contribution < 1.29 is 0 Å². The molecule has 106 valence electrons. The highest BCUT2D eigenvalue weighted by molar-refractivity contribution is 5.54. The van der Waals surface area contributed by atoms with E-state index in [4.69, 9.17) is 5.84 Å². The first kappa shape index (κ1) is 12.9. The molecule has 2 aromatic heterocycles. The first-order valence-corrected chi connectivity index (χ1v) is 6.16. The molecule has 0 spiro atoms. The van der Waals surface area contributed by atoms with Gasteiger partial charge in [-0.15, -0.1) is 0 Å². The van der Waals surface area contributed by atoms with Gasteiger partial charge in [-0.1, -0.05) is 17.7 Å². The van der Waals surface area contributed by atoms with E-state index in [-0.39, 0.29) is 5.95 Å². The van der Waals surface area contributed by atoms with Crippen LogP contribution in [0.3, 0.4) is 0 Å². The molecule has 21 heavy (non-hydrogen) atoms. The van der Waals surface area contributed by atoms with Crippen molar-refractivity contribution in [1.82, 2.24) is 29.7 Å². The number of anilines is 3. The number of rotatable bonds is 4. The van der Waals surface area contributed by atoms with Crippen LogP contribution in [0.2, 0.25) is 0 Å². The number of hydrogen-bond donors (Lipinski definition) is 3. The van der Waals surface area contributed by atoms with Gasteiger partial charge in [-0.2, -0.15) is 24.7 Å². The Morgan fingerprint density at radius 2 is 1.81 bits per heavy atom. The van der Waals surface area contributed by atoms with E-state index in [0.29, 0.717) is 11.9 Å². The summed E-state index contributed by atoms with van der Waals surface area (Å²) in [5, 5.41) is 7.07. The molecule has 9 nitrogen and oxygen atoms in total. The minimum Gasteiger partial charge on any atom is -0.324 e. The number of aryl methyl sites for hydroxylation is 1. The van der Waals surface area contributed by atoms with E-state index >= 15 is 0 Å². The highest BCUT2D eigenvalue weighted by Crippen LogP contribution is 2.15. The Balaban J connectivity index is 1.94. The molecule has 0 fully saturated rings. The van der Waals surface area contributed by atoms with Crippen LogP contribution in [-0.4, -0.2) is 29.7 Å². The minimum absolute atomic E-state index is 0.227. The highest BCUT2D eigenvalue weighted by Gasteiger charge is 2.08. The van der Waals surface area contributed by atoms with E-state index in [9.17, 15) is 0 Å². The first-order chi connectivity index (χ1) is 10.2. The maximum Gasteiger partial charge on any atom is 0.258 e.